The maximum Gasteiger partial charge on any atom is 0.240 e. The van der Waals surface area contributed by atoms with Gasteiger partial charge in [-0.3, -0.25) is 5.32 Å². The van der Waals surface area contributed by atoms with E-state index in [2.05, 4.69) is 15.5 Å². The molecule has 21 heavy (non-hydrogen) atoms. The molecule has 1 aromatic carbocycles. The van der Waals surface area contributed by atoms with E-state index in [1.165, 1.54) is 12.1 Å². The largest absolute Gasteiger partial charge is 0.394 e. The van der Waals surface area contributed by atoms with Gasteiger partial charge < -0.3 is 9.63 Å². The fourth-order valence-electron chi connectivity index (χ4n) is 2.07. The highest BCUT2D eigenvalue weighted by atomic mass is 35.5. The lowest BCUT2D eigenvalue weighted by molar-refractivity contribution is 0.237. The van der Waals surface area contributed by atoms with Gasteiger partial charge in [-0.2, -0.15) is 4.98 Å². The van der Waals surface area contributed by atoms with Crippen LogP contribution in [-0.4, -0.2) is 21.9 Å². The average molecular weight is 312 g/mol. The fraction of sp³-hybridized carbons (Fsp3) is 0.429. The summed E-state index contributed by atoms with van der Waals surface area (Å²) in [5.74, 6) is 1.12. The minimum Gasteiger partial charge on any atom is -0.394 e. The quantitative estimate of drug-likeness (QED) is 0.858. The van der Waals surface area contributed by atoms with Crippen LogP contribution in [0, 0.1) is 5.82 Å². The summed E-state index contributed by atoms with van der Waals surface area (Å²) in [7, 11) is 0. The number of nitrogens with zero attached hydrogens (tertiary/aromatic N) is 2. The van der Waals surface area contributed by atoms with Gasteiger partial charge in [0.1, 0.15) is 5.82 Å². The molecule has 2 N–H and O–H groups in total. The number of nitrogens with one attached hydrogen (secondary N) is 1. The van der Waals surface area contributed by atoms with Crippen molar-refractivity contribution >= 4 is 11.6 Å². The van der Waals surface area contributed by atoms with Crippen LogP contribution in [0.4, 0.5) is 4.39 Å². The van der Waals surface area contributed by atoms with Gasteiger partial charge in [-0.15, -0.1) is 0 Å². The summed E-state index contributed by atoms with van der Waals surface area (Å²) in [4.78, 5) is 4.29. The first kappa shape index (κ1) is 14.4. The van der Waals surface area contributed by atoms with E-state index in [-0.39, 0.29) is 11.6 Å². The molecule has 112 valence electrons. The lowest BCUT2D eigenvalue weighted by Crippen LogP contribution is -2.24. The topological polar surface area (TPSA) is 71.2 Å². The van der Waals surface area contributed by atoms with E-state index < -0.39 is 11.9 Å². The molecular weight excluding hydrogens is 297 g/mol. The molecule has 1 saturated carbocycles. The third-order valence-corrected chi connectivity index (χ3v) is 3.76. The fourth-order valence-corrected chi connectivity index (χ4v) is 2.19. The Labute approximate surface area is 126 Å². The maximum atomic E-state index is 13.5. The van der Waals surface area contributed by atoms with Crippen molar-refractivity contribution in [2.45, 2.75) is 31.3 Å². The second-order valence-electron chi connectivity index (χ2n) is 5.11. The predicted molar refractivity (Wildman–Crippen MR) is 74.3 cm³/mol. The van der Waals surface area contributed by atoms with E-state index in [1.54, 1.807) is 6.07 Å². The van der Waals surface area contributed by atoms with Gasteiger partial charge in [0, 0.05) is 5.92 Å². The summed E-state index contributed by atoms with van der Waals surface area (Å²) in [6.07, 6.45) is 2.21. The lowest BCUT2D eigenvalue weighted by atomic mass is 10.1. The van der Waals surface area contributed by atoms with Crippen molar-refractivity contribution in [1.82, 2.24) is 15.5 Å². The van der Waals surface area contributed by atoms with Crippen LogP contribution in [0.25, 0.3) is 0 Å². The van der Waals surface area contributed by atoms with Gasteiger partial charge in [0.15, 0.2) is 5.82 Å². The van der Waals surface area contributed by atoms with Crippen molar-refractivity contribution < 1.29 is 14.0 Å². The van der Waals surface area contributed by atoms with Crippen molar-refractivity contribution in [3.8, 4) is 0 Å². The van der Waals surface area contributed by atoms with Crippen LogP contribution >= 0.6 is 11.6 Å². The Kier molecular flexibility index (Phi) is 4.19. The Hall–Kier alpha value is -1.50. The zero-order valence-corrected chi connectivity index (χ0v) is 12.0. The van der Waals surface area contributed by atoms with Gasteiger partial charge in [-0.25, -0.2) is 4.39 Å². The third kappa shape index (κ3) is 3.40. The second-order valence-corrected chi connectivity index (χ2v) is 5.52. The van der Waals surface area contributed by atoms with Gasteiger partial charge in [0.2, 0.25) is 5.89 Å². The smallest absolute Gasteiger partial charge is 0.240 e. The van der Waals surface area contributed by atoms with Gasteiger partial charge in [-0.1, -0.05) is 22.8 Å². The van der Waals surface area contributed by atoms with E-state index in [4.69, 9.17) is 16.1 Å². The third-order valence-electron chi connectivity index (χ3n) is 3.45. The number of benzene rings is 1. The van der Waals surface area contributed by atoms with Crippen LogP contribution in [0.1, 0.15) is 42.1 Å². The number of rotatable bonds is 6. The highest BCUT2D eigenvalue weighted by molar-refractivity contribution is 6.30. The van der Waals surface area contributed by atoms with Crippen LogP contribution in [0.3, 0.4) is 0 Å². The van der Waals surface area contributed by atoms with Crippen molar-refractivity contribution in [3.05, 3.63) is 46.3 Å². The maximum absolute atomic E-state index is 13.5. The molecule has 1 fully saturated rings. The molecule has 3 rings (SSSR count). The minimum atomic E-state index is -0.511. The molecule has 5 nitrogen and oxygen atoms in total. The van der Waals surface area contributed by atoms with E-state index in [9.17, 15) is 9.50 Å². The number of hydrogen-bond acceptors (Lipinski definition) is 5. The van der Waals surface area contributed by atoms with Crippen LogP contribution in [-0.2, 0) is 6.54 Å². The summed E-state index contributed by atoms with van der Waals surface area (Å²) in [6.45, 7) is 0.139. The van der Waals surface area contributed by atoms with E-state index >= 15 is 0 Å². The van der Waals surface area contributed by atoms with Crippen LogP contribution in [0.15, 0.2) is 22.7 Å². The molecule has 0 bridgehead atoms. The number of halogens is 2. The van der Waals surface area contributed by atoms with Crippen molar-refractivity contribution in [2.24, 2.45) is 0 Å². The molecule has 1 heterocycles. The molecule has 0 amide bonds. The van der Waals surface area contributed by atoms with Crippen LogP contribution in [0.5, 0.6) is 0 Å². The van der Waals surface area contributed by atoms with E-state index in [0.29, 0.717) is 23.9 Å². The summed E-state index contributed by atoms with van der Waals surface area (Å²) in [5, 5.41) is 16.5. The molecule has 1 aliphatic rings. The monoisotopic (exact) mass is 311 g/mol. The molecule has 0 unspecified atom stereocenters. The molecule has 0 saturated heterocycles. The standard InChI is InChI=1S/C14H15ClFN3O2/c15-10-4-3-9(5-11(10)16)12(7-20)17-6-13-18-14(19-21-13)8-1-2-8/h3-5,8,12,17,20H,1-2,6-7H2/t12-/m0/s1. The average Bonchev–Trinajstić information content (AvgIpc) is 3.23. The van der Waals surface area contributed by atoms with Crippen molar-refractivity contribution in [3.63, 3.8) is 0 Å². The Bertz CT molecular complexity index is 630. The first-order chi connectivity index (χ1) is 10.2. The SMILES string of the molecule is OC[C@H](NCc1nc(C2CC2)no1)c1ccc(Cl)c(F)c1. The Morgan fingerprint density at radius 3 is 2.95 bits per heavy atom. The number of aliphatic hydroxyl groups is 1. The summed E-state index contributed by atoms with van der Waals surface area (Å²) < 4.78 is 18.6. The second kappa shape index (κ2) is 6.09. The molecule has 1 aromatic heterocycles. The molecule has 2 aromatic rings. The normalized spacial score (nSPS) is 16.1. The van der Waals surface area contributed by atoms with Crippen LogP contribution < -0.4 is 5.32 Å². The Morgan fingerprint density at radius 2 is 2.29 bits per heavy atom. The van der Waals surface area contributed by atoms with Crippen LogP contribution in [0.2, 0.25) is 5.02 Å². The van der Waals surface area contributed by atoms with Gasteiger partial charge >= 0.3 is 0 Å². The number of aromatic nitrogens is 2. The molecule has 0 radical (unpaired) electrons. The molecule has 0 aliphatic heterocycles. The zero-order valence-electron chi connectivity index (χ0n) is 11.2. The highest BCUT2D eigenvalue weighted by Crippen LogP contribution is 2.38. The first-order valence-electron chi connectivity index (χ1n) is 6.79. The van der Waals surface area contributed by atoms with E-state index in [1.807, 2.05) is 0 Å². The van der Waals surface area contributed by atoms with Crippen molar-refractivity contribution in [1.29, 1.82) is 0 Å². The van der Waals surface area contributed by atoms with Gasteiger partial charge in [0.05, 0.1) is 24.2 Å². The van der Waals surface area contributed by atoms with Crippen molar-refractivity contribution in [2.75, 3.05) is 6.61 Å². The summed E-state index contributed by atoms with van der Waals surface area (Å²) >= 11 is 5.65. The lowest BCUT2D eigenvalue weighted by Gasteiger charge is -2.15. The first-order valence-corrected chi connectivity index (χ1v) is 7.17. The molecule has 1 aliphatic carbocycles. The molecule has 1 atom stereocenters. The minimum absolute atomic E-state index is 0.0569. The summed E-state index contributed by atoms with van der Waals surface area (Å²) in [6, 6.07) is 4.02. The highest BCUT2D eigenvalue weighted by Gasteiger charge is 2.28. The zero-order chi connectivity index (χ0) is 14.8. The Balaban J connectivity index is 1.64. The molecule has 7 heteroatoms. The van der Waals surface area contributed by atoms with E-state index in [0.717, 1.165) is 18.7 Å². The number of hydrogen-bond donors (Lipinski definition) is 2. The van der Waals surface area contributed by atoms with Gasteiger partial charge in [-0.05, 0) is 30.5 Å². The molecule has 0 spiro atoms. The van der Waals surface area contributed by atoms with Gasteiger partial charge in [0.25, 0.3) is 0 Å². The summed E-state index contributed by atoms with van der Waals surface area (Å²) in [5.41, 5.74) is 0.612. The number of aliphatic hydroxyl groups excluding tert-OH is 1. The Morgan fingerprint density at radius 1 is 1.48 bits per heavy atom. The predicted octanol–water partition coefficient (Wildman–Crippen LogP) is 2.56. The molecular formula is C14H15ClFN3O2.